The monoisotopic (exact) mass is 237 g/mol. The molecule has 1 radical (unpaired) electrons. The van der Waals surface area contributed by atoms with Gasteiger partial charge in [0, 0.05) is 23.3 Å². The van der Waals surface area contributed by atoms with Crippen LogP contribution in [0.4, 0.5) is 0 Å². The van der Waals surface area contributed by atoms with Crippen LogP contribution in [-0.2, 0) is 4.79 Å². The topological polar surface area (TPSA) is 43.5 Å². The standard InChI is InChI=1S/C9H6BrN2O/c10-6-1-2-8(13)7(5-6)9-11-3-4-12-9/h1,3-5H,2H2. The summed E-state index contributed by atoms with van der Waals surface area (Å²) >= 11 is 3.32. The molecule has 0 atom stereocenters. The maximum atomic E-state index is 11.4. The van der Waals surface area contributed by atoms with E-state index in [1.54, 1.807) is 18.5 Å². The van der Waals surface area contributed by atoms with Crippen molar-refractivity contribution < 1.29 is 4.79 Å². The molecule has 0 aromatic carbocycles. The third-order valence-corrected chi connectivity index (χ3v) is 2.32. The van der Waals surface area contributed by atoms with Crippen LogP contribution in [0.1, 0.15) is 6.42 Å². The molecule has 0 aromatic rings. The lowest BCUT2D eigenvalue weighted by Crippen LogP contribution is -2.18. The van der Waals surface area contributed by atoms with Crippen molar-refractivity contribution in [3.63, 3.8) is 0 Å². The number of rotatable bonds is 1. The first-order valence-corrected chi connectivity index (χ1v) is 4.61. The Hall–Kier alpha value is -1.16. The van der Waals surface area contributed by atoms with Crippen molar-refractivity contribution in [2.45, 2.75) is 6.42 Å². The van der Waals surface area contributed by atoms with Crippen molar-refractivity contribution >= 4 is 27.5 Å². The van der Waals surface area contributed by atoms with Crippen molar-refractivity contribution in [2.75, 3.05) is 0 Å². The zero-order chi connectivity index (χ0) is 9.26. The molecular weight excluding hydrogens is 232 g/mol. The molecule has 1 aliphatic carbocycles. The van der Waals surface area contributed by atoms with Gasteiger partial charge < -0.3 is 0 Å². The van der Waals surface area contributed by atoms with Crippen LogP contribution in [0.2, 0.25) is 0 Å². The van der Waals surface area contributed by atoms with Crippen molar-refractivity contribution in [1.29, 1.82) is 0 Å². The number of hydrogen-bond donors (Lipinski definition) is 0. The van der Waals surface area contributed by atoms with Gasteiger partial charge in [-0.2, -0.15) is 0 Å². The Bertz CT molecular complexity index is 377. The largest absolute Gasteiger partial charge is 0.294 e. The number of aliphatic imine (C=N–C) groups is 1. The Morgan fingerprint density at radius 3 is 2.92 bits per heavy atom. The molecule has 2 rings (SSSR count). The number of Topliss-reactive ketones (excluding diaryl/α,β-unsaturated/α-hetero) is 1. The SMILES string of the molecule is O=C1CC=C(Br)C=C1C1=NC=C[N]1. The molecule has 0 spiro atoms. The van der Waals surface area contributed by atoms with E-state index in [0.29, 0.717) is 17.8 Å². The van der Waals surface area contributed by atoms with Crippen molar-refractivity contribution in [3.05, 3.63) is 34.6 Å². The average Bonchev–Trinajstić information content (AvgIpc) is 2.61. The van der Waals surface area contributed by atoms with Gasteiger partial charge in [-0.05, 0) is 6.08 Å². The normalized spacial score (nSPS) is 20.7. The average molecular weight is 238 g/mol. The molecule has 1 aliphatic heterocycles. The molecular formula is C9H6BrN2O. The number of ketones is 1. The second-order valence-electron chi connectivity index (χ2n) is 2.65. The number of halogens is 1. The van der Waals surface area contributed by atoms with E-state index < -0.39 is 0 Å². The molecule has 3 nitrogen and oxygen atoms in total. The highest BCUT2D eigenvalue weighted by Crippen LogP contribution is 2.20. The Labute approximate surface area is 84.1 Å². The minimum atomic E-state index is 0.0643. The third kappa shape index (κ3) is 1.62. The number of carbonyl (C=O) groups is 1. The number of nitrogens with zero attached hydrogens (tertiary/aromatic N) is 2. The first-order valence-electron chi connectivity index (χ1n) is 3.82. The Kier molecular flexibility index (Phi) is 2.14. The fourth-order valence-electron chi connectivity index (χ4n) is 1.15. The Balaban J connectivity index is 2.31. The van der Waals surface area contributed by atoms with Crippen LogP contribution in [0.3, 0.4) is 0 Å². The first-order chi connectivity index (χ1) is 6.27. The molecule has 13 heavy (non-hydrogen) atoms. The minimum Gasteiger partial charge on any atom is -0.294 e. The van der Waals surface area contributed by atoms with Crippen LogP contribution in [0.5, 0.6) is 0 Å². The number of carbonyl (C=O) groups excluding carboxylic acids is 1. The lowest BCUT2D eigenvalue weighted by Gasteiger charge is -2.08. The molecule has 0 bridgehead atoms. The maximum Gasteiger partial charge on any atom is 0.170 e. The Morgan fingerprint density at radius 1 is 1.38 bits per heavy atom. The van der Waals surface area contributed by atoms with E-state index in [9.17, 15) is 4.79 Å². The summed E-state index contributed by atoms with van der Waals surface area (Å²) in [6.45, 7) is 0. The molecule has 0 N–H and O–H groups in total. The predicted octanol–water partition coefficient (Wildman–Crippen LogP) is 1.65. The molecule has 65 valence electrons. The smallest absolute Gasteiger partial charge is 0.170 e. The fraction of sp³-hybridized carbons (Fsp3) is 0.111. The highest BCUT2D eigenvalue weighted by molar-refractivity contribution is 9.11. The quantitative estimate of drug-likeness (QED) is 0.684. The zero-order valence-corrected chi connectivity index (χ0v) is 8.28. The van der Waals surface area contributed by atoms with Gasteiger partial charge in [-0.25, -0.2) is 10.3 Å². The molecule has 0 saturated heterocycles. The molecule has 2 aliphatic rings. The summed E-state index contributed by atoms with van der Waals surface area (Å²) in [5.41, 5.74) is 0.583. The van der Waals surface area contributed by atoms with Gasteiger partial charge in [0.1, 0.15) is 0 Å². The summed E-state index contributed by atoms with van der Waals surface area (Å²) in [7, 11) is 0. The predicted molar refractivity (Wildman–Crippen MR) is 53.4 cm³/mol. The van der Waals surface area contributed by atoms with Crippen LogP contribution in [0, 0.1) is 0 Å². The van der Waals surface area contributed by atoms with Gasteiger partial charge >= 0.3 is 0 Å². The van der Waals surface area contributed by atoms with Crippen LogP contribution in [0.25, 0.3) is 0 Å². The van der Waals surface area contributed by atoms with Gasteiger partial charge in [-0.3, -0.25) is 4.79 Å². The van der Waals surface area contributed by atoms with Crippen LogP contribution in [-0.4, -0.2) is 11.6 Å². The van der Waals surface area contributed by atoms with Gasteiger partial charge in [-0.15, -0.1) is 0 Å². The third-order valence-electron chi connectivity index (χ3n) is 1.77. The molecule has 0 amide bonds. The molecule has 0 unspecified atom stereocenters. The summed E-state index contributed by atoms with van der Waals surface area (Å²) in [5, 5.41) is 3.98. The second kappa shape index (κ2) is 3.30. The fourth-order valence-corrected chi connectivity index (χ4v) is 1.54. The molecule has 0 aromatic heterocycles. The van der Waals surface area contributed by atoms with Gasteiger partial charge in [-0.1, -0.05) is 22.0 Å². The summed E-state index contributed by atoms with van der Waals surface area (Å²) in [5.74, 6) is 0.574. The van der Waals surface area contributed by atoms with Gasteiger partial charge in [0.15, 0.2) is 11.6 Å². The van der Waals surface area contributed by atoms with E-state index in [0.717, 1.165) is 4.48 Å². The van der Waals surface area contributed by atoms with E-state index >= 15 is 0 Å². The van der Waals surface area contributed by atoms with E-state index in [4.69, 9.17) is 0 Å². The molecule has 0 saturated carbocycles. The molecule has 0 fully saturated rings. The van der Waals surface area contributed by atoms with Crippen molar-refractivity contribution in [2.24, 2.45) is 4.99 Å². The van der Waals surface area contributed by atoms with E-state index in [2.05, 4.69) is 26.2 Å². The highest BCUT2D eigenvalue weighted by atomic mass is 79.9. The second-order valence-corrected chi connectivity index (χ2v) is 3.57. The molecule has 1 heterocycles. The number of allylic oxidation sites excluding steroid dienone is 3. The van der Waals surface area contributed by atoms with E-state index in [1.807, 2.05) is 6.08 Å². The van der Waals surface area contributed by atoms with Crippen LogP contribution >= 0.6 is 15.9 Å². The number of hydrogen-bond acceptors (Lipinski definition) is 2. The lowest BCUT2D eigenvalue weighted by molar-refractivity contribution is -0.114. The summed E-state index contributed by atoms with van der Waals surface area (Å²) in [6, 6.07) is 0. The minimum absolute atomic E-state index is 0.0643. The summed E-state index contributed by atoms with van der Waals surface area (Å²) in [4.78, 5) is 15.4. The molecule has 4 heteroatoms. The van der Waals surface area contributed by atoms with Crippen LogP contribution < -0.4 is 5.32 Å². The van der Waals surface area contributed by atoms with E-state index in [1.165, 1.54) is 0 Å². The van der Waals surface area contributed by atoms with Crippen molar-refractivity contribution in [1.82, 2.24) is 5.32 Å². The van der Waals surface area contributed by atoms with E-state index in [-0.39, 0.29) is 5.78 Å². The lowest BCUT2D eigenvalue weighted by atomic mass is 10.0. The Morgan fingerprint density at radius 2 is 2.23 bits per heavy atom. The highest BCUT2D eigenvalue weighted by Gasteiger charge is 2.19. The van der Waals surface area contributed by atoms with Crippen molar-refractivity contribution in [3.8, 4) is 0 Å². The van der Waals surface area contributed by atoms with Crippen LogP contribution in [0.15, 0.2) is 39.6 Å². The number of amidine groups is 1. The summed E-state index contributed by atoms with van der Waals surface area (Å²) < 4.78 is 0.909. The van der Waals surface area contributed by atoms with Gasteiger partial charge in [0.05, 0.1) is 5.57 Å². The maximum absolute atomic E-state index is 11.4. The van der Waals surface area contributed by atoms with Gasteiger partial charge in [0.2, 0.25) is 0 Å². The zero-order valence-electron chi connectivity index (χ0n) is 6.70. The summed E-state index contributed by atoms with van der Waals surface area (Å²) in [6.07, 6.45) is 7.16. The van der Waals surface area contributed by atoms with Gasteiger partial charge in [0.25, 0.3) is 0 Å². The first kappa shape index (κ1) is 8.44.